The maximum absolute atomic E-state index is 13.3. The third-order valence-electron chi connectivity index (χ3n) is 5.44. The van der Waals surface area contributed by atoms with E-state index in [2.05, 4.69) is 0 Å². The number of benzene rings is 2. The molecule has 1 atom stereocenters. The van der Waals surface area contributed by atoms with Crippen molar-refractivity contribution < 1.29 is 32.6 Å². The molecule has 0 fully saturated rings. The van der Waals surface area contributed by atoms with Crippen LogP contribution in [0.3, 0.4) is 0 Å². The minimum absolute atomic E-state index is 0.00664. The maximum Gasteiger partial charge on any atom is 0.332 e. The molecule has 0 aliphatic heterocycles. The Morgan fingerprint density at radius 1 is 1.00 bits per heavy atom. The van der Waals surface area contributed by atoms with Crippen LogP contribution >= 0.6 is 11.6 Å². The number of nitrogens with zero attached hydrogens (tertiary/aromatic N) is 2. The van der Waals surface area contributed by atoms with Crippen LogP contribution in [-0.2, 0) is 26.0 Å². The van der Waals surface area contributed by atoms with Crippen LogP contribution in [0.1, 0.15) is 18.2 Å². The Bertz CT molecular complexity index is 1700. The predicted octanol–water partition coefficient (Wildman–Crippen LogP) is 2.39. The van der Waals surface area contributed by atoms with Crippen molar-refractivity contribution >= 4 is 44.3 Å². The standard InChI is InChI=1S/C23H17ClN2O9S/c24-13-3-5-15(6-4-13)36(33,34)16-7-8-18-17(10-16)21(29)26(19(22(30)31)11-20(27)28)23(32)25(18)12-14-2-1-9-35-14/h1-10,19H,11-12H2,(H,27,28)(H,30,31)/t19-/m0/s1. The summed E-state index contributed by atoms with van der Waals surface area (Å²) in [7, 11) is -4.13. The molecule has 0 unspecified atom stereocenters. The third kappa shape index (κ3) is 4.55. The van der Waals surface area contributed by atoms with E-state index in [0.717, 1.165) is 10.6 Å². The van der Waals surface area contributed by atoms with Crippen LogP contribution < -0.4 is 11.2 Å². The Kier molecular flexibility index (Phi) is 6.57. The predicted molar refractivity (Wildman–Crippen MR) is 126 cm³/mol. The zero-order chi connectivity index (χ0) is 26.2. The number of fused-ring (bicyclic) bond motifs is 1. The van der Waals surface area contributed by atoms with E-state index in [1.54, 1.807) is 12.1 Å². The van der Waals surface area contributed by atoms with E-state index in [-0.39, 0.29) is 33.0 Å². The van der Waals surface area contributed by atoms with Gasteiger partial charge >= 0.3 is 17.6 Å². The van der Waals surface area contributed by atoms with Crippen LogP contribution in [0.25, 0.3) is 10.9 Å². The molecule has 36 heavy (non-hydrogen) atoms. The van der Waals surface area contributed by atoms with Crippen molar-refractivity contribution in [1.29, 1.82) is 0 Å². The zero-order valence-corrected chi connectivity index (χ0v) is 19.8. The molecule has 186 valence electrons. The van der Waals surface area contributed by atoms with Gasteiger partial charge in [-0.1, -0.05) is 11.6 Å². The Hall–Kier alpha value is -4.16. The van der Waals surface area contributed by atoms with Gasteiger partial charge in [0.2, 0.25) is 9.84 Å². The van der Waals surface area contributed by atoms with Gasteiger partial charge in [0.05, 0.1) is 39.9 Å². The van der Waals surface area contributed by atoms with Crippen LogP contribution in [-0.4, -0.2) is 39.7 Å². The van der Waals surface area contributed by atoms with Crippen molar-refractivity contribution in [2.75, 3.05) is 0 Å². The van der Waals surface area contributed by atoms with Gasteiger partial charge in [-0.3, -0.25) is 14.2 Å². The summed E-state index contributed by atoms with van der Waals surface area (Å²) in [5.74, 6) is -2.98. The summed E-state index contributed by atoms with van der Waals surface area (Å²) in [5, 5.41) is 18.8. The lowest BCUT2D eigenvalue weighted by atomic mass is 10.2. The fourth-order valence-electron chi connectivity index (χ4n) is 3.73. The van der Waals surface area contributed by atoms with Crippen LogP contribution in [0.4, 0.5) is 0 Å². The van der Waals surface area contributed by atoms with E-state index in [1.807, 2.05) is 0 Å². The lowest BCUT2D eigenvalue weighted by Crippen LogP contribution is -2.45. The highest BCUT2D eigenvalue weighted by Crippen LogP contribution is 2.25. The molecule has 11 nitrogen and oxygen atoms in total. The summed E-state index contributed by atoms with van der Waals surface area (Å²) >= 11 is 5.84. The number of sulfone groups is 1. The first kappa shape index (κ1) is 24.9. The summed E-state index contributed by atoms with van der Waals surface area (Å²) in [6, 6.07) is 9.87. The minimum atomic E-state index is -4.13. The zero-order valence-electron chi connectivity index (χ0n) is 18.2. The molecule has 0 bridgehead atoms. The summed E-state index contributed by atoms with van der Waals surface area (Å²) in [4.78, 5) is 49.4. The maximum atomic E-state index is 13.3. The molecule has 2 N–H and O–H groups in total. The Balaban J connectivity index is 2.03. The Morgan fingerprint density at radius 2 is 1.67 bits per heavy atom. The summed E-state index contributed by atoms with van der Waals surface area (Å²) in [6.07, 6.45) is 0.291. The first-order valence-electron chi connectivity index (χ1n) is 10.3. The normalized spacial score (nSPS) is 12.5. The lowest BCUT2D eigenvalue weighted by molar-refractivity contribution is -0.147. The van der Waals surface area contributed by atoms with Crippen LogP contribution in [0.2, 0.25) is 5.02 Å². The van der Waals surface area contributed by atoms with Crippen molar-refractivity contribution in [3.63, 3.8) is 0 Å². The van der Waals surface area contributed by atoms with E-state index in [0.29, 0.717) is 9.59 Å². The molecule has 0 aliphatic carbocycles. The highest BCUT2D eigenvalue weighted by molar-refractivity contribution is 7.91. The van der Waals surface area contributed by atoms with E-state index in [9.17, 15) is 37.8 Å². The molecule has 0 spiro atoms. The quantitative estimate of drug-likeness (QED) is 0.346. The molecule has 0 amide bonds. The smallest absolute Gasteiger partial charge is 0.332 e. The third-order valence-corrected chi connectivity index (χ3v) is 7.46. The van der Waals surface area contributed by atoms with Gasteiger partial charge in [-0.15, -0.1) is 0 Å². The first-order valence-corrected chi connectivity index (χ1v) is 12.1. The molecular formula is C23H17ClN2O9S. The molecule has 2 aromatic heterocycles. The largest absolute Gasteiger partial charge is 0.481 e. The second-order valence-corrected chi connectivity index (χ2v) is 10.1. The minimum Gasteiger partial charge on any atom is -0.481 e. The number of hydrogen-bond acceptors (Lipinski definition) is 7. The molecule has 2 aromatic carbocycles. The molecule has 0 radical (unpaired) electrons. The van der Waals surface area contributed by atoms with E-state index < -0.39 is 45.5 Å². The molecule has 4 rings (SSSR count). The van der Waals surface area contributed by atoms with Gasteiger partial charge in [-0.2, -0.15) is 0 Å². The Morgan fingerprint density at radius 3 is 2.25 bits per heavy atom. The number of rotatable bonds is 8. The Labute approximate surface area is 207 Å². The van der Waals surface area contributed by atoms with Gasteiger partial charge in [0, 0.05) is 5.02 Å². The molecule has 13 heteroatoms. The number of hydrogen-bond donors (Lipinski definition) is 2. The molecule has 2 heterocycles. The summed E-state index contributed by atoms with van der Waals surface area (Å²) in [5.41, 5.74) is -2.23. The number of carboxylic acid groups (broad SMARTS) is 2. The van der Waals surface area contributed by atoms with Gasteiger partial charge in [0.25, 0.3) is 5.56 Å². The van der Waals surface area contributed by atoms with E-state index in [4.69, 9.17) is 16.0 Å². The van der Waals surface area contributed by atoms with Crippen molar-refractivity contribution in [3.05, 3.63) is 92.5 Å². The van der Waals surface area contributed by atoms with Crippen molar-refractivity contribution in [3.8, 4) is 0 Å². The average molecular weight is 533 g/mol. The highest BCUT2D eigenvalue weighted by Gasteiger charge is 2.29. The van der Waals surface area contributed by atoms with Gasteiger partial charge in [0.1, 0.15) is 11.8 Å². The summed E-state index contributed by atoms with van der Waals surface area (Å²) < 4.78 is 32.9. The fourth-order valence-corrected chi connectivity index (χ4v) is 5.14. The second kappa shape index (κ2) is 9.47. The monoisotopic (exact) mass is 532 g/mol. The van der Waals surface area contributed by atoms with Crippen LogP contribution in [0.5, 0.6) is 0 Å². The topological polar surface area (TPSA) is 166 Å². The molecule has 4 aromatic rings. The second-order valence-electron chi connectivity index (χ2n) is 7.71. The van der Waals surface area contributed by atoms with Gasteiger partial charge < -0.3 is 14.6 Å². The molecule has 0 saturated heterocycles. The van der Waals surface area contributed by atoms with Crippen LogP contribution in [0, 0.1) is 0 Å². The van der Waals surface area contributed by atoms with E-state index >= 15 is 0 Å². The van der Waals surface area contributed by atoms with Gasteiger partial charge in [0.15, 0.2) is 0 Å². The number of furan rings is 1. The number of carboxylic acids is 2. The first-order chi connectivity index (χ1) is 17.0. The van der Waals surface area contributed by atoms with Crippen molar-refractivity contribution in [2.45, 2.75) is 28.8 Å². The fraction of sp³-hybridized carbons (Fsp3) is 0.130. The van der Waals surface area contributed by atoms with Gasteiger partial charge in [-0.25, -0.2) is 22.6 Å². The van der Waals surface area contributed by atoms with E-state index in [1.165, 1.54) is 42.7 Å². The van der Waals surface area contributed by atoms with Crippen LogP contribution in [0.15, 0.2) is 84.7 Å². The molecule has 0 saturated carbocycles. The molecular weight excluding hydrogens is 516 g/mol. The molecule has 0 aliphatic rings. The number of halogens is 1. The highest BCUT2D eigenvalue weighted by atomic mass is 35.5. The lowest BCUT2D eigenvalue weighted by Gasteiger charge is -2.18. The summed E-state index contributed by atoms with van der Waals surface area (Å²) in [6.45, 7) is -0.231. The van der Waals surface area contributed by atoms with Crippen molar-refractivity contribution in [1.82, 2.24) is 9.13 Å². The van der Waals surface area contributed by atoms with Gasteiger partial charge in [-0.05, 0) is 54.6 Å². The average Bonchev–Trinajstić information content (AvgIpc) is 3.34. The number of aliphatic carboxylic acids is 2. The number of carbonyl (C=O) groups is 2. The van der Waals surface area contributed by atoms with Crippen molar-refractivity contribution in [2.24, 2.45) is 0 Å². The number of aromatic nitrogens is 2. The SMILES string of the molecule is O=C(O)C[C@@H](C(=O)O)n1c(=O)c2cc(S(=O)(=O)c3ccc(Cl)cc3)ccc2n(Cc2ccco2)c1=O.